The van der Waals surface area contributed by atoms with Crippen LogP contribution in [0.5, 0.6) is 5.75 Å². The van der Waals surface area contributed by atoms with E-state index in [9.17, 15) is 25.0 Å². The number of hydrogen-bond acceptors (Lipinski definition) is 8. The lowest BCUT2D eigenvalue weighted by Crippen LogP contribution is -2.27. The summed E-state index contributed by atoms with van der Waals surface area (Å²) in [5.74, 6) is -0.288. The fourth-order valence-electron chi connectivity index (χ4n) is 2.63. The quantitative estimate of drug-likeness (QED) is 0.413. The first-order valence-corrected chi connectivity index (χ1v) is 8.77. The molecule has 0 saturated carbocycles. The highest BCUT2D eigenvalue weighted by molar-refractivity contribution is 5.91. The number of amides is 1. The van der Waals surface area contributed by atoms with E-state index in [4.69, 9.17) is 9.15 Å². The van der Waals surface area contributed by atoms with Gasteiger partial charge in [0.1, 0.15) is 12.4 Å². The number of nitrogens with one attached hydrogen (secondary N) is 1. The molecule has 0 aliphatic carbocycles. The summed E-state index contributed by atoms with van der Waals surface area (Å²) in [5.41, 5.74) is 0.430. The molecule has 1 aromatic carbocycles. The van der Waals surface area contributed by atoms with Crippen LogP contribution in [0.2, 0.25) is 0 Å². The van der Waals surface area contributed by atoms with Gasteiger partial charge in [0.05, 0.1) is 28.3 Å². The van der Waals surface area contributed by atoms with Crippen LogP contribution in [0.1, 0.15) is 22.0 Å². The maximum atomic E-state index is 12.2. The van der Waals surface area contributed by atoms with Gasteiger partial charge in [0.2, 0.25) is 0 Å². The Balaban J connectivity index is 1.53. The first-order valence-electron chi connectivity index (χ1n) is 8.77. The van der Waals surface area contributed by atoms with Gasteiger partial charge in [-0.25, -0.2) is 0 Å². The smallest absolute Gasteiger partial charge is 0.390 e. The molecule has 2 aromatic heterocycles. The van der Waals surface area contributed by atoms with E-state index in [1.54, 1.807) is 13.0 Å². The van der Waals surface area contributed by atoms with E-state index in [0.29, 0.717) is 11.5 Å². The lowest BCUT2D eigenvalue weighted by Gasteiger charge is -2.05. The molecule has 0 fully saturated rings. The molecule has 0 saturated heterocycles. The topological polar surface area (TPSA) is 156 Å². The van der Waals surface area contributed by atoms with E-state index in [0.717, 1.165) is 0 Å². The van der Waals surface area contributed by atoms with Crippen molar-refractivity contribution in [3.05, 3.63) is 79.9 Å². The first kappa shape index (κ1) is 20.5. The average Bonchev–Trinajstić information content (AvgIpc) is 3.33. The largest absolute Gasteiger partial charge is 0.479 e. The Kier molecular flexibility index (Phi) is 6.05. The third-order valence-electron chi connectivity index (χ3n) is 4.08. The van der Waals surface area contributed by atoms with E-state index in [-0.39, 0.29) is 42.7 Å². The molecule has 30 heavy (non-hydrogen) atoms. The van der Waals surface area contributed by atoms with Crippen molar-refractivity contribution in [1.82, 2.24) is 15.1 Å². The number of aromatic nitrogens is 2. The highest BCUT2D eigenvalue weighted by Gasteiger charge is 2.17. The molecule has 1 N–H and O–H groups in total. The summed E-state index contributed by atoms with van der Waals surface area (Å²) in [6.45, 7) is 2.02. The minimum Gasteiger partial charge on any atom is -0.479 e. The third kappa shape index (κ3) is 4.79. The molecule has 12 heteroatoms. The molecular formula is C18H17N5O7. The van der Waals surface area contributed by atoms with Crippen molar-refractivity contribution in [2.45, 2.75) is 20.1 Å². The zero-order valence-electron chi connectivity index (χ0n) is 15.8. The Hall–Kier alpha value is -4.22. The molecule has 12 nitrogen and oxygen atoms in total. The number of aryl methyl sites for hydroxylation is 1. The Labute approximate surface area is 169 Å². The molecule has 0 aliphatic heterocycles. The Morgan fingerprint density at radius 1 is 1.20 bits per heavy atom. The standard InChI is InChI=1S/C18H17N5O7/c1-12-10-17(23(27)28)20-21(12)9-8-19-18(24)16-7-6-13(30-16)11-29-15-5-3-2-4-14(15)22(25)26/h2-7,10H,8-9,11H2,1H3,(H,19,24). The number of nitrogens with zero attached hydrogens (tertiary/aromatic N) is 4. The summed E-state index contributed by atoms with van der Waals surface area (Å²) in [4.78, 5) is 32.8. The van der Waals surface area contributed by atoms with Crippen LogP contribution in [-0.2, 0) is 13.2 Å². The van der Waals surface area contributed by atoms with Gasteiger partial charge in [-0.05, 0) is 30.0 Å². The number of nitro benzene ring substituents is 1. The fraction of sp³-hybridized carbons (Fsp3) is 0.222. The first-order chi connectivity index (χ1) is 14.3. The highest BCUT2D eigenvalue weighted by Crippen LogP contribution is 2.26. The lowest BCUT2D eigenvalue weighted by molar-refractivity contribution is -0.389. The summed E-state index contributed by atoms with van der Waals surface area (Å²) >= 11 is 0. The van der Waals surface area contributed by atoms with Gasteiger partial charge in [-0.3, -0.25) is 14.9 Å². The number of hydrogen-bond donors (Lipinski definition) is 1. The minimum absolute atomic E-state index is 0.0410. The van der Waals surface area contributed by atoms with Crippen LogP contribution in [0.15, 0.2) is 46.9 Å². The molecule has 156 valence electrons. The van der Waals surface area contributed by atoms with Crippen LogP contribution in [0.4, 0.5) is 11.5 Å². The second kappa shape index (κ2) is 8.86. The number of para-hydroxylation sites is 2. The van der Waals surface area contributed by atoms with Gasteiger partial charge in [0.15, 0.2) is 11.5 Å². The Morgan fingerprint density at radius 3 is 2.67 bits per heavy atom. The molecule has 0 bridgehead atoms. The number of carbonyl (C=O) groups is 1. The zero-order valence-corrected chi connectivity index (χ0v) is 15.8. The predicted molar refractivity (Wildman–Crippen MR) is 102 cm³/mol. The zero-order chi connectivity index (χ0) is 21.7. The summed E-state index contributed by atoms with van der Waals surface area (Å²) in [6.07, 6.45) is 0. The third-order valence-corrected chi connectivity index (χ3v) is 4.08. The number of ether oxygens (including phenoxy) is 1. The number of nitro groups is 2. The van der Waals surface area contributed by atoms with Crippen LogP contribution in [0, 0.1) is 27.2 Å². The van der Waals surface area contributed by atoms with Gasteiger partial charge >= 0.3 is 11.5 Å². The molecule has 2 heterocycles. The monoisotopic (exact) mass is 415 g/mol. The van der Waals surface area contributed by atoms with Crippen LogP contribution < -0.4 is 10.1 Å². The SMILES string of the molecule is Cc1cc([N+](=O)[O-])nn1CCNC(=O)c1ccc(COc2ccccc2[N+](=O)[O-])o1. The van der Waals surface area contributed by atoms with Crippen molar-refractivity contribution in [2.75, 3.05) is 6.54 Å². The second-order valence-corrected chi connectivity index (χ2v) is 6.16. The van der Waals surface area contributed by atoms with Gasteiger partial charge in [-0.2, -0.15) is 4.68 Å². The van der Waals surface area contributed by atoms with Crippen LogP contribution in [0.25, 0.3) is 0 Å². The summed E-state index contributed by atoms with van der Waals surface area (Å²) in [5, 5.41) is 28.2. The van der Waals surface area contributed by atoms with Gasteiger partial charge in [-0.15, -0.1) is 0 Å². The Bertz CT molecular complexity index is 1090. The molecule has 0 radical (unpaired) electrons. The van der Waals surface area contributed by atoms with Crippen molar-refractivity contribution < 1.29 is 23.8 Å². The minimum atomic E-state index is -0.585. The molecule has 0 aliphatic rings. The fourth-order valence-corrected chi connectivity index (χ4v) is 2.63. The maximum absolute atomic E-state index is 12.2. The number of benzene rings is 1. The molecular weight excluding hydrogens is 398 g/mol. The average molecular weight is 415 g/mol. The lowest BCUT2D eigenvalue weighted by atomic mass is 10.3. The van der Waals surface area contributed by atoms with Gasteiger partial charge in [0.25, 0.3) is 5.91 Å². The Morgan fingerprint density at radius 2 is 1.97 bits per heavy atom. The molecule has 1 amide bonds. The molecule has 3 aromatic rings. The van der Waals surface area contributed by atoms with E-state index in [2.05, 4.69) is 10.4 Å². The maximum Gasteiger partial charge on any atom is 0.390 e. The van der Waals surface area contributed by atoms with E-state index in [1.165, 1.54) is 41.1 Å². The second-order valence-electron chi connectivity index (χ2n) is 6.16. The van der Waals surface area contributed by atoms with Gasteiger partial charge in [0, 0.05) is 12.6 Å². The van der Waals surface area contributed by atoms with Crippen LogP contribution in [-0.4, -0.2) is 32.1 Å². The number of furan rings is 1. The summed E-state index contributed by atoms with van der Waals surface area (Å²) < 4.78 is 12.3. The van der Waals surface area contributed by atoms with E-state index >= 15 is 0 Å². The van der Waals surface area contributed by atoms with Crippen molar-refractivity contribution in [3.63, 3.8) is 0 Å². The molecule has 0 unspecified atom stereocenters. The normalized spacial score (nSPS) is 10.6. The van der Waals surface area contributed by atoms with Crippen LogP contribution in [0.3, 0.4) is 0 Å². The summed E-state index contributed by atoms with van der Waals surface area (Å²) in [7, 11) is 0. The highest BCUT2D eigenvalue weighted by atomic mass is 16.6. The molecule has 3 rings (SSSR count). The number of carbonyl (C=O) groups excluding carboxylic acids is 1. The van der Waals surface area contributed by atoms with Gasteiger partial charge < -0.3 is 24.6 Å². The number of rotatable bonds is 9. The molecule has 0 spiro atoms. The predicted octanol–water partition coefficient (Wildman–Crippen LogP) is 2.61. The molecule has 0 atom stereocenters. The van der Waals surface area contributed by atoms with Crippen LogP contribution >= 0.6 is 0 Å². The van der Waals surface area contributed by atoms with Crippen molar-refractivity contribution in [2.24, 2.45) is 0 Å². The van der Waals surface area contributed by atoms with E-state index in [1.807, 2.05) is 0 Å². The van der Waals surface area contributed by atoms with Crippen molar-refractivity contribution in [1.29, 1.82) is 0 Å². The van der Waals surface area contributed by atoms with Crippen molar-refractivity contribution in [3.8, 4) is 5.75 Å². The summed E-state index contributed by atoms with van der Waals surface area (Å²) in [6, 6.07) is 10.3. The van der Waals surface area contributed by atoms with Crippen molar-refractivity contribution >= 4 is 17.4 Å². The van der Waals surface area contributed by atoms with Gasteiger partial charge in [-0.1, -0.05) is 12.1 Å². The van der Waals surface area contributed by atoms with E-state index < -0.39 is 15.8 Å².